The molecular formula is C46H70N2O10S2. The van der Waals surface area contributed by atoms with Crippen LogP contribution >= 0.6 is 23.5 Å². The van der Waals surface area contributed by atoms with E-state index >= 15 is 0 Å². The van der Waals surface area contributed by atoms with Crippen LogP contribution in [-0.2, 0) is 28.8 Å². The summed E-state index contributed by atoms with van der Waals surface area (Å²) in [6.45, 7) is 16.9. The van der Waals surface area contributed by atoms with E-state index in [0.717, 1.165) is 51.4 Å². The first-order valence-corrected chi connectivity index (χ1v) is 23.1. The Morgan fingerprint density at radius 2 is 0.783 bits per heavy atom. The maximum Gasteiger partial charge on any atom is 0.327 e. The van der Waals surface area contributed by atoms with Gasteiger partial charge in [0.25, 0.3) is 0 Å². The molecule has 0 aromatic carbocycles. The van der Waals surface area contributed by atoms with Gasteiger partial charge in [0.1, 0.15) is 12.1 Å². The lowest BCUT2D eigenvalue weighted by molar-refractivity contribution is -0.142. The molecule has 6 atom stereocenters. The summed E-state index contributed by atoms with van der Waals surface area (Å²) >= 11 is 2.89. The average Bonchev–Trinajstić information content (AvgIpc) is 4.08. The van der Waals surface area contributed by atoms with Crippen molar-refractivity contribution in [1.29, 1.82) is 0 Å². The van der Waals surface area contributed by atoms with Gasteiger partial charge in [-0.05, 0) is 120 Å². The molecular weight excluding hydrogens is 805 g/mol. The zero-order valence-corrected chi connectivity index (χ0v) is 38.5. The van der Waals surface area contributed by atoms with Gasteiger partial charge in [0.2, 0.25) is 11.8 Å². The van der Waals surface area contributed by atoms with Crippen LogP contribution in [0.5, 0.6) is 0 Å². The molecule has 2 aliphatic rings. The number of carbonyl (C=O) groups is 6. The van der Waals surface area contributed by atoms with Crippen LogP contribution in [0.4, 0.5) is 0 Å². The molecule has 0 saturated heterocycles. The number of carboxylic acid groups (broad SMARTS) is 4. The van der Waals surface area contributed by atoms with Gasteiger partial charge in [0.05, 0.1) is 23.7 Å². The van der Waals surface area contributed by atoms with E-state index < -0.39 is 71.4 Å². The topological polar surface area (TPSA) is 207 Å². The van der Waals surface area contributed by atoms with E-state index in [-0.39, 0.29) is 24.3 Å². The van der Waals surface area contributed by atoms with E-state index in [2.05, 4.69) is 102 Å². The normalized spacial score (nSPS) is 19.7. The third-order valence-electron chi connectivity index (χ3n) is 10.0. The van der Waals surface area contributed by atoms with Crippen molar-refractivity contribution in [3.05, 3.63) is 69.9 Å². The lowest BCUT2D eigenvalue weighted by Crippen LogP contribution is -2.43. The molecule has 0 aliphatic heterocycles. The molecule has 14 heteroatoms. The quantitative estimate of drug-likeness (QED) is 0.0322. The fraction of sp³-hybridized carbons (Fsp3) is 0.609. The highest BCUT2D eigenvalue weighted by molar-refractivity contribution is 7.99. The smallest absolute Gasteiger partial charge is 0.327 e. The van der Waals surface area contributed by atoms with Crippen molar-refractivity contribution < 1.29 is 49.2 Å². The molecule has 0 heterocycles. The van der Waals surface area contributed by atoms with Crippen molar-refractivity contribution in [3.8, 4) is 0 Å². The molecule has 0 bridgehead atoms. The Balaban J connectivity index is 0.000000600. The molecule has 0 unspecified atom stereocenters. The van der Waals surface area contributed by atoms with Crippen LogP contribution < -0.4 is 10.6 Å². The van der Waals surface area contributed by atoms with Crippen molar-refractivity contribution in [2.45, 2.75) is 132 Å². The molecule has 0 spiro atoms. The van der Waals surface area contributed by atoms with Gasteiger partial charge in [-0.3, -0.25) is 19.2 Å². The Labute approximate surface area is 366 Å². The van der Waals surface area contributed by atoms with Gasteiger partial charge in [0, 0.05) is 23.0 Å². The lowest BCUT2D eigenvalue weighted by Gasteiger charge is -2.13. The monoisotopic (exact) mass is 874 g/mol. The van der Waals surface area contributed by atoms with Crippen molar-refractivity contribution in [3.63, 3.8) is 0 Å². The number of carbonyl (C=O) groups excluding carboxylic acids is 2. The summed E-state index contributed by atoms with van der Waals surface area (Å²) in [5.74, 6) is -5.87. The summed E-state index contributed by atoms with van der Waals surface area (Å²) < 4.78 is 0. The molecule has 2 saturated carbocycles. The minimum absolute atomic E-state index is 0.249. The van der Waals surface area contributed by atoms with Gasteiger partial charge < -0.3 is 31.1 Å². The molecule has 2 amide bonds. The van der Waals surface area contributed by atoms with Crippen LogP contribution in [0.2, 0.25) is 0 Å². The Morgan fingerprint density at radius 3 is 1.05 bits per heavy atom. The molecule has 12 nitrogen and oxygen atoms in total. The van der Waals surface area contributed by atoms with Gasteiger partial charge >= 0.3 is 23.9 Å². The average molecular weight is 875 g/mol. The molecule has 2 rings (SSSR count). The van der Waals surface area contributed by atoms with Gasteiger partial charge in [-0.1, -0.05) is 69.9 Å². The molecule has 2 aliphatic carbocycles. The zero-order chi connectivity index (χ0) is 45.4. The van der Waals surface area contributed by atoms with Crippen molar-refractivity contribution in [2.24, 2.45) is 23.7 Å². The Bertz CT molecular complexity index is 1530. The number of rotatable bonds is 28. The predicted molar refractivity (Wildman–Crippen MR) is 243 cm³/mol. The summed E-state index contributed by atoms with van der Waals surface area (Å²) in [7, 11) is 0. The first kappa shape index (κ1) is 54.0. The number of hydrogen-bond donors (Lipinski definition) is 6. The number of nitrogens with one attached hydrogen (secondary N) is 2. The number of aliphatic carboxylic acids is 4. The van der Waals surface area contributed by atoms with E-state index in [1.165, 1.54) is 57.0 Å². The summed E-state index contributed by atoms with van der Waals surface area (Å²) in [5, 5.41) is 41.3. The van der Waals surface area contributed by atoms with Crippen LogP contribution in [0.25, 0.3) is 0 Å². The van der Waals surface area contributed by atoms with E-state index in [1.807, 2.05) is 0 Å². The minimum atomic E-state index is -1.10. The van der Waals surface area contributed by atoms with Gasteiger partial charge in [-0.25, -0.2) is 9.59 Å². The van der Waals surface area contributed by atoms with Gasteiger partial charge in [0.15, 0.2) is 0 Å². The largest absolute Gasteiger partial charge is 0.481 e. The number of hydrogen-bond acceptors (Lipinski definition) is 8. The first-order valence-electron chi connectivity index (χ1n) is 20.8. The SMILES string of the molecule is CC(C)=CCC/C(C)=C/CC/C(C)=C/CSC[C@H](NC(=O)[C@@H]1C[C@@H]1C(=O)O)C(=O)O.CC(C)=CCC/C(C)=C/CC/C(C)=C/CSC[C@H](NC(=O)[C@H]1C[C@H]1C(=O)O)C(=O)O. The fourth-order valence-corrected chi connectivity index (χ4v) is 7.87. The van der Waals surface area contributed by atoms with Crippen LogP contribution in [-0.4, -0.2) is 91.2 Å². The maximum atomic E-state index is 12.0. The molecule has 336 valence electrons. The Hall–Kier alpha value is -4.04. The van der Waals surface area contributed by atoms with E-state index in [4.69, 9.17) is 10.2 Å². The van der Waals surface area contributed by atoms with Crippen LogP contribution in [0.15, 0.2) is 69.9 Å². The van der Waals surface area contributed by atoms with Gasteiger partial charge in [-0.2, -0.15) is 23.5 Å². The highest BCUT2D eigenvalue weighted by Crippen LogP contribution is 2.39. The first-order chi connectivity index (χ1) is 28.2. The maximum absolute atomic E-state index is 12.0. The predicted octanol–water partition coefficient (Wildman–Crippen LogP) is 8.86. The number of amides is 2. The van der Waals surface area contributed by atoms with E-state index in [0.29, 0.717) is 11.5 Å². The summed E-state index contributed by atoms with van der Waals surface area (Å²) in [5.41, 5.74) is 8.01. The zero-order valence-electron chi connectivity index (χ0n) is 36.9. The minimum Gasteiger partial charge on any atom is -0.481 e. The van der Waals surface area contributed by atoms with E-state index in [1.54, 1.807) is 0 Å². The van der Waals surface area contributed by atoms with E-state index in [9.17, 15) is 39.0 Å². The molecule has 0 radical (unpaired) electrons. The molecule has 0 aromatic heterocycles. The summed E-state index contributed by atoms with van der Waals surface area (Å²) in [6.07, 6.45) is 22.1. The lowest BCUT2D eigenvalue weighted by atomic mass is 10.1. The van der Waals surface area contributed by atoms with Crippen LogP contribution in [0.1, 0.15) is 120 Å². The summed E-state index contributed by atoms with van der Waals surface area (Å²) in [6, 6.07) is -2.00. The third kappa shape index (κ3) is 24.9. The second-order valence-corrected chi connectivity index (χ2v) is 18.5. The van der Waals surface area contributed by atoms with Gasteiger partial charge in [-0.15, -0.1) is 0 Å². The highest BCUT2D eigenvalue weighted by atomic mass is 32.2. The molecule has 2 fully saturated rings. The second kappa shape index (κ2) is 29.3. The van der Waals surface area contributed by atoms with Crippen molar-refractivity contribution >= 4 is 59.2 Å². The molecule has 60 heavy (non-hydrogen) atoms. The highest BCUT2D eigenvalue weighted by Gasteiger charge is 2.49. The standard InChI is InChI=1S/2C23H35NO5S/c2*1-15(2)7-5-8-16(3)9-6-10-17(4)11-12-30-14-20(23(28)29)24-21(25)18-13-19(18)22(26)27/h2*7,9,11,18-20H,5-6,8,10,12-14H2,1-4H3,(H,24,25)(H,26,27)(H,28,29)/b2*16-9+,17-11+/t18-,19+,20+;18-,19+,20-/m10/s1. The Morgan fingerprint density at radius 1 is 0.483 bits per heavy atom. The number of thioether (sulfide) groups is 2. The Kier molecular flexibility index (Phi) is 26.3. The van der Waals surface area contributed by atoms with Crippen molar-refractivity contribution in [1.82, 2.24) is 10.6 Å². The molecule has 0 aromatic rings. The second-order valence-electron chi connectivity index (χ2n) is 16.4. The summed E-state index contributed by atoms with van der Waals surface area (Å²) in [4.78, 5) is 68.4. The number of carboxylic acids is 4. The van der Waals surface area contributed by atoms with Crippen molar-refractivity contribution in [2.75, 3.05) is 23.0 Å². The fourth-order valence-electron chi connectivity index (χ4n) is 5.87. The van der Waals surface area contributed by atoms with Crippen LogP contribution in [0.3, 0.4) is 0 Å². The third-order valence-corrected chi connectivity index (χ3v) is 12.0. The van der Waals surface area contributed by atoms with Crippen LogP contribution in [0, 0.1) is 23.7 Å². The molecule has 6 N–H and O–H groups in total. The number of allylic oxidation sites excluding steroid dienone is 10.